The Morgan fingerprint density at radius 2 is 2.33 bits per heavy atom. The van der Waals surface area contributed by atoms with Crippen LogP contribution in [0.15, 0.2) is 30.7 Å². The molecule has 0 bridgehead atoms. The molecule has 108 valence electrons. The number of aryl methyl sites for hydroxylation is 1. The number of fused-ring (bicyclic) bond motifs is 1. The van der Waals surface area contributed by atoms with Crippen molar-refractivity contribution in [1.82, 2.24) is 20.1 Å². The molecule has 0 radical (unpaired) electrons. The number of carbonyl (C=O) groups is 1. The zero-order valence-electron chi connectivity index (χ0n) is 11.5. The van der Waals surface area contributed by atoms with Crippen molar-refractivity contribution < 1.29 is 4.79 Å². The summed E-state index contributed by atoms with van der Waals surface area (Å²) in [6.07, 6.45) is 5.29. The van der Waals surface area contributed by atoms with E-state index in [2.05, 4.69) is 15.4 Å². The quantitative estimate of drug-likeness (QED) is 0.769. The van der Waals surface area contributed by atoms with Crippen LogP contribution in [0.4, 0.5) is 5.69 Å². The van der Waals surface area contributed by atoms with E-state index < -0.39 is 0 Å². The highest BCUT2D eigenvalue weighted by Gasteiger charge is 2.17. The number of rotatable bonds is 4. The number of aromatic nitrogens is 3. The van der Waals surface area contributed by atoms with Crippen LogP contribution in [0.2, 0.25) is 0 Å². The van der Waals surface area contributed by atoms with Gasteiger partial charge in [-0.15, -0.1) is 11.3 Å². The Morgan fingerprint density at radius 3 is 3.05 bits per heavy atom. The van der Waals surface area contributed by atoms with E-state index in [9.17, 15) is 4.79 Å². The molecule has 0 aliphatic rings. The second-order valence-corrected chi connectivity index (χ2v) is 5.68. The Labute approximate surface area is 125 Å². The first-order valence-corrected chi connectivity index (χ1v) is 7.37. The molecule has 0 unspecified atom stereocenters. The minimum absolute atomic E-state index is 0.165. The molecule has 0 aliphatic heterocycles. The topological polar surface area (TPSA) is 85.8 Å². The number of nitrogens with zero attached hydrogens (tertiary/aromatic N) is 3. The van der Waals surface area contributed by atoms with Crippen LogP contribution in [0.3, 0.4) is 0 Å². The first-order valence-electron chi connectivity index (χ1n) is 6.56. The predicted molar refractivity (Wildman–Crippen MR) is 83.3 cm³/mol. The summed E-state index contributed by atoms with van der Waals surface area (Å²) in [6, 6.07) is 3.74. The van der Waals surface area contributed by atoms with Crippen molar-refractivity contribution >= 4 is 33.1 Å². The van der Waals surface area contributed by atoms with E-state index in [0.717, 1.165) is 15.8 Å². The molecule has 6 nitrogen and oxygen atoms in total. The lowest BCUT2D eigenvalue weighted by molar-refractivity contribution is 0.0957. The Morgan fingerprint density at radius 1 is 1.48 bits per heavy atom. The fraction of sp³-hybridized carbons (Fsp3) is 0.214. The van der Waals surface area contributed by atoms with Gasteiger partial charge in [-0.2, -0.15) is 5.10 Å². The zero-order valence-corrected chi connectivity index (χ0v) is 12.4. The van der Waals surface area contributed by atoms with E-state index in [0.29, 0.717) is 23.7 Å². The minimum atomic E-state index is -0.165. The number of hydrogen-bond acceptors (Lipinski definition) is 5. The average Bonchev–Trinajstić information content (AvgIpc) is 3.08. The normalized spacial score (nSPS) is 10.9. The van der Waals surface area contributed by atoms with Gasteiger partial charge in [0.2, 0.25) is 0 Å². The largest absolute Gasteiger partial charge is 0.397 e. The van der Waals surface area contributed by atoms with Crippen LogP contribution >= 0.6 is 11.3 Å². The molecular formula is C14H15N5OS. The predicted octanol–water partition coefficient (Wildman–Crippen LogP) is 1.81. The monoisotopic (exact) mass is 301 g/mol. The summed E-state index contributed by atoms with van der Waals surface area (Å²) in [5.41, 5.74) is 7.64. The number of nitrogens with two attached hydrogens (primary N) is 1. The molecule has 1 amide bonds. The number of nitrogens with one attached hydrogen (secondary N) is 1. The van der Waals surface area contributed by atoms with Crippen LogP contribution in [0.5, 0.6) is 0 Å². The van der Waals surface area contributed by atoms with Gasteiger partial charge in [0, 0.05) is 30.5 Å². The first kappa shape index (κ1) is 13.6. The maximum atomic E-state index is 12.2. The van der Waals surface area contributed by atoms with Gasteiger partial charge in [-0.3, -0.25) is 9.48 Å². The minimum Gasteiger partial charge on any atom is -0.397 e. The van der Waals surface area contributed by atoms with Crippen LogP contribution in [-0.2, 0) is 6.54 Å². The van der Waals surface area contributed by atoms with E-state index >= 15 is 0 Å². The van der Waals surface area contributed by atoms with Crippen molar-refractivity contribution in [3.8, 4) is 0 Å². The maximum absolute atomic E-state index is 12.2. The lowest BCUT2D eigenvalue weighted by Gasteiger charge is -2.04. The smallest absolute Gasteiger partial charge is 0.263 e. The third-order valence-corrected chi connectivity index (χ3v) is 4.34. The van der Waals surface area contributed by atoms with E-state index in [1.165, 1.54) is 11.3 Å². The van der Waals surface area contributed by atoms with E-state index in [4.69, 9.17) is 5.73 Å². The van der Waals surface area contributed by atoms with Crippen LogP contribution in [0.25, 0.3) is 10.2 Å². The number of carbonyl (C=O) groups excluding carboxylic acids is 1. The molecular weight excluding hydrogens is 286 g/mol. The molecule has 0 spiro atoms. The number of pyridine rings is 1. The van der Waals surface area contributed by atoms with E-state index in [1.807, 2.05) is 25.3 Å². The molecule has 0 atom stereocenters. The van der Waals surface area contributed by atoms with Crippen LogP contribution < -0.4 is 11.1 Å². The summed E-state index contributed by atoms with van der Waals surface area (Å²) >= 11 is 1.32. The molecule has 0 aliphatic carbocycles. The molecule has 3 aromatic rings. The average molecular weight is 301 g/mol. The Bertz CT molecular complexity index is 778. The summed E-state index contributed by atoms with van der Waals surface area (Å²) in [7, 11) is 0. The van der Waals surface area contributed by atoms with Crippen molar-refractivity contribution in [1.29, 1.82) is 0 Å². The molecule has 0 saturated heterocycles. The van der Waals surface area contributed by atoms with Gasteiger partial charge < -0.3 is 11.1 Å². The van der Waals surface area contributed by atoms with Crippen molar-refractivity contribution in [2.24, 2.45) is 0 Å². The maximum Gasteiger partial charge on any atom is 0.263 e. The van der Waals surface area contributed by atoms with Gasteiger partial charge >= 0.3 is 0 Å². The molecule has 0 fully saturated rings. The molecule has 21 heavy (non-hydrogen) atoms. The molecule has 3 heterocycles. The van der Waals surface area contributed by atoms with Crippen molar-refractivity contribution in [2.45, 2.75) is 13.5 Å². The molecule has 3 N–H and O–H groups in total. The molecule has 3 rings (SSSR count). The van der Waals surface area contributed by atoms with Crippen molar-refractivity contribution in [3.63, 3.8) is 0 Å². The third-order valence-electron chi connectivity index (χ3n) is 3.23. The lowest BCUT2D eigenvalue weighted by atomic mass is 10.2. The number of hydrogen-bond donors (Lipinski definition) is 2. The summed E-state index contributed by atoms with van der Waals surface area (Å²) < 4.78 is 1.76. The van der Waals surface area contributed by atoms with Gasteiger partial charge in [0.25, 0.3) is 5.91 Å². The fourth-order valence-electron chi connectivity index (χ4n) is 2.17. The number of anilines is 1. The van der Waals surface area contributed by atoms with Crippen LogP contribution in [-0.4, -0.2) is 27.2 Å². The SMILES string of the molecule is Cc1ccnc2sc(C(=O)NCCn3cccn3)c(N)c12. The van der Waals surface area contributed by atoms with Gasteiger partial charge in [-0.05, 0) is 24.6 Å². The van der Waals surface area contributed by atoms with Crippen molar-refractivity contribution in [2.75, 3.05) is 12.3 Å². The lowest BCUT2D eigenvalue weighted by Crippen LogP contribution is -2.27. The van der Waals surface area contributed by atoms with E-state index in [-0.39, 0.29) is 5.91 Å². The van der Waals surface area contributed by atoms with Crippen molar-refractivity contribution in [3.05, 3.63) is 41.2 Å². The van der Waals surface area contributed by atoms with Gasteiger partial charge in [0.05, 0.1) is 12.2 Å². The van der Waals surface area contributed by atoms with Crippen LogP contribution in [0, 0.1) is 6.92 Å². The summed E-state index contributed by atoms with van der Waals surface area (Å²) in [4.78, 5) is 17.8. The second kappa shape index (κ2) is 5.53. The highest BCUT2D eigenvalue weighted by atomic mass is 32.1. The summed E-state index contributed by atoms with van der Waals surface area (Å²) in [5.74, 6) is -0.165. The first-order chi connectivity index (χ1) is 10.2. The van der Waals surface area contributed by atoms with Gasteiger partial charge in [-0.1, -0.05) is 0 Å². The highest BCUT2D eigenvalue weighted by Crippen LogP contribution is 2.34. The highest BCUT2D eigenvalue weighted by molar-refractivity contribution is 7.21. The molecule has 0 saturated carbocycles. The summed E-state index contributed by atoms with van der Waals surface area (Å²) in [6.45, 7) is 3.09. The third kappa shape index (κ3) is 2.59. The second-order valence-electron chi connectivity index (χ2n) is 4.68. The van der Waals surface area contributed by atoms with Gasteiger partial charge in [0.15, 0.2) is 0 Å². The summed E-state index contributed by atoms with van der Waals surface area (Å²) in [5, 5.41) is 7.82. The Balaban J connectivity index is 1.75. The van der Waals surface area contributed by atoms with E-state index in [1.54, 1.807) is 17.1 Å². The van der Waals surface area contributed by atoms with Crippen LogP contribution in [0.1, 0.15) is 15.2 Å². The Hall–Kier alpha value is -2.41. The van der Waals surface area contributed by atoms with Gasteiger partial charge in [0.1, 0.15) is 9.71 Å². The fourth-order valence-corrected chi connectivity index (χ4v) is 3.23. The number of amides is 1. The van der Waals surface area contributed by atoms with Gasteiger partial charge in [-0.25, -0.2) is 4.98 Å². The number of thiophene rings is 1. The molecule has 3 aromatic heterocycles. The zero-order chi connectivity index (χ0) is 14.8. The Kier molecular flexibility index (Phi) is 3.57. The molecule has 7 heteroatoms. The standard InChI is InChI=1S/C14H15N5OS/c1-9-3-5-17-14-10(9)11(15)12(21-14)13(20)16-6-8-19-7-2-4-18-19/h2-5,7H,6,8,15H2,1H3,(H,16,20). The molecule has 0 aromatic carbocycles. The number of nitrogen functional groups attached to an aromatic ring is 1.